The van der Waals surface area contributed by atoms with Crippen molar-refractivity contribution in [3.63, 3.8) is 0 Å². The third-order valence-electron chi connectivity index (χ3n) is 9.39. The Morgan fingerprint density at radius 1 is 0.400 bits per heavy atom. The van der Waals surface area contributed by atoms with Crippen LogP contribution >= 0.6 is 20.2 Å². The standard InChI is InChI=1S/C20H43NO2.C17H35IO2.C7H16/c1-2-3-13-16-21(18-20-23)17-14-11-9-7-5-4-6-8-10-12-15-19-22;1-3-5-7-9-11-13-15-18(20-17-19)16-14-12-10-8-6-4-2;1-3-5-7-6-4-2/h22-23H,2-20H2,1H3;17H,3-16H2,1-2H3;3-7H2,1-2H3. The van der Waals surface area contributed by atoms with Crippen molar-refractivity contribution in [2.24, 2.45) is 0 Å². The van der Waals surface area contributed by atoms with E-state index in [-0.39, 0.29) is 0 Å². The van der Waals surface area contributed by atoms with Gasteiger partial charge in [-0.3, -0.25) is 0 Å². The second-order valence-corrected chi connectivity index (χ2v) is 19.4. The summed E-state index contributed by atoms with van der Waals surface area (Å²) in [5.74, 6) is 0. The van der Waals surface area contributed by atoms with Gasteiger partial charge in [-0.05, 0) is 32.4 Å². The van der Waals surface area contributed by atoms with Gasteiger partial charge in [0.25, 0.3) is 0 Å². The minimum Gasteiger partial charge on any atom is -0.396 e. The van der Waals surface area contributed by atoms with Crippen LogP contribution in [0.5, 0.6) is 0 Å². The largest absolute Gasteiger partial charge is 0.396 e. The van der Waals surface area contributed by atoms with Crippen LogP contribution in [-0.4, -0.2) is 63.3 Å². The van der Waals surface area contributed by atoms with Gasteiger partial charge in [0.15, 0.2) is 0 Å². The summed E-state index contributed by atoms with van der Waals surface area (Å²) in [7, 11) is 0. The molecule has 0 aliphatic heterocycles. The molecule has 0 radical (unpaired) electrons. The van der Waals surface area contributed by atoms with E-state index in [2.05, 4.69) is 39.5 Å². The number of aliphatic hydroxyl groups is 2. The number of rotatable bonds is 39. The van der Waals surface area contributed by atoms with Gasteiger partial charge in [0.2, 0.25) is 0 Å². The Morgan fingerprint density at radius 3 is 1.06 bits per heavy atom. The van der Waals surface area contributed by atoms with Gasteiger partial charge in [-0.15, -0.1) is 0 Å². The minimum atomic E-state index is -1.40. The van der Waals surface area contributed by atoms with Gasteiger partial charge in [-0.2, -0.15) is 0 Å². The molecule has 306 valence electrons. The first-order valence-corrected chi connectivity index (χ1v) is 26.2. The molecule has 5 nitrogen and oxygen atoms in total. The average Bonchev–Trinajstić information content (AvgIpc) is 3.12. The molecule has 0 atom stereocenters. The molecule has 50 heavy (non-hydrogen) atoms. The molecule has 0 saturated carbocycles. The maximum atomic E-state index is 10.6. The van der Waals surface area contributed by atoms with Crippen molar-refractivity contribution in [2.45, 2.75) is 234 Å². The Balaban J connectivity index is -0.000000746. The zero-order valence-electron chi connectivity index (χ0n) is 35.0. The van der Waals surface area contributed by atoms with Gasteiger partial charge in [0, 0.05) is 13.2 Å². The molecule has 0 rings (SSSR count). The normalized spacial score (nSPS) is 11.2. The number of hydrogen-bond acceptors (Lipinski definition) is 5. The van der Waals surface area contributed by atoms with Crippen molar-refractivity contribution in [2.75, 3.05) is 41.7 Å². The molecule has 0 unspecified atom stereocenters. The van der Waals surface area contributed by atoms with Gasteiger partial charge in [0.05, 0.1) is 6.61 Å². The summed E-state index contributed by atoms with van der Waals surface area (Å²) in [6.07, 6.45) is 41.2. The van der Waals surface area contributed by atoms with Crippen LogP contribution in [0.3, 0.4) is 0 Å². The Kier molecular flexibility index (Phi) is 58.2. The number of aliphatic hydroxyl groups excluding tert-OH is 2. The second kappa shape index (κ2) is 53.4. The molecule has 0 aromatic heterocycles. The molecule has 0 fully saturated rings. The maximum Gasteiger partial charge on any atom is 0.0558 e. The quantitative estimate of drug-likeness (QED) is 0.0280. The molecule has 6 heteroatoms. The molecule has 0 saturated heterocycles. The summed E-state index contributed by atoms with van der Waals surface area (Å²) < 4.78 is 7.80. The van der Waals surface area contributed by atoms with Crippen molar-refractivity contribution in [1.82, 2.24) is 4.90 Å². The average molecular weight is 828 g/mol. The minimum absolute atomic E-state index is 0.296. The fraction of sp³-hybridized carbons (Fsp3) is 0.977. The fourth-order valence-corrected chi connectivity index (χ4v) is 10.2. The Hall–Kier alpha value is 0.0800. The molecule has 2 N–H and O–H groups in total. The summed E-state index contributed by atoms with van der Waals surface area (Å²) in [6.45, 7) is 15.8. The monoisotopic (exact) mass is 828 g/mol. The van der Waals surface area contributed by atoms with E-state index >= 15 is 0 Å². The zero-order valence-corrected chi connectivity index (χ0v) is 37.1. The first kappa shape index (κ1) is 54.4. The summed E-state index contributed by atoms with van der Waals surface area (Å²) in [5.41, 5.74) is 0. The van der Waals surface area contributed by atoms with Crippen molar-refractivity contribution < 1.29 is 18.1 Å². The van der Waals surface area contributed by atoms with Crippen molar-refractivity contribution in [1.29, 1.82) is 0 Å². The van der Waals surface area contributed by atoms with E-state index in [1.165, 1.54) is 201 Å². The van der Waals surface area contributed by atoms with Crippen LogP contribution in [0.4, 0.5) is 0 Å². The topological polar surface area (TPSA) is 70.0 Å². The third kappa shape index (κ3) is 52.4. The van der Waals surface area contributed by atoms with Crippen LogP contribution < -0.4 is 0 Å². The van der Waals surface area contributed by atoms with E-state index in [4.69, 9.17) is 13.3 Å². The third-order valence-corrected chi connectivity index (χ3v) is 14.3. The number of alkyl halides is 2. The van der Waals surface area contributed by atoms with Crippen LogP contribution in [0.2, 0.25) is 0 Å². The van der Waals surface area contributed by atoms with Gasteiger partial charge in [0.1, 0.15) is 0 Å². The number of hydrogen-bond donors (Lipinski definition) is 2. The van der Waals surface area contributed by atoms with E-state index in [1.807, 2.05) is 0 Å². The molecular weight excluding hydrogens is 733 g/mol. The SMILES string of the molecule is CCCCCCC.CCCCCCCCI(CCCCCCCC)OC=O.CCCCCN(CCO)CCCCCCCCCCCCCO. The first-order chi connectivity index (χ1) is 24.6. The zero-order chi connectivity index (χ0) is 37.4. The number of nitrogens with zero attached hydrogens (tertiary/aromatic N) is 1. The van der Waals surface area contributed by atoms with Crippen molar-refractivity contribution in [3.8, 4) is 0 Å². The van der Waals surface area contributed by atoms with Crippen LogP contribution in [0.1, 0.15) is 234 Å². The summed E-state index contributed by atoms with van der Waals surface area (Å²) in [6, 6.07) is 0. The van der Waals surface area contributed by atoms with Crippen LogP contribution in [0.25, 0.3) is 0 Å². The Bertz CT molecular complexity index is 548. The maximum absolute atomic E-state index is 10.6. The summed E-state index contributed by atoms with van der Waals surface area (Å²) in [5, 5.41) is 17.8. The van der Waals surface area contributed by atoms with Crippen LogP contribution in [-0.2, 0) is 7.86 Å². The molecule has 0 aliphatic carbocycles. The van der Waals surface area contributed by atoms with E-state index in [0.717, 1.165) is 26.1 Å². The molecule has 0 aromatic carbocycles. The van der Waals surface area contributed by atoms with Gasteiger partial charge in [-0.1, -0.05) is 124 Å². The number of carbonyl (C=O) groups excluding carboxylic acids is 1. The molecule has 0 aromatic rings. The Labute approximate surface area is 323 Å². The predicted molar refractivity (Wildman–Crippen MR) is 233 cm³/mol. The van der Waals surface area contributed by atoms with Crippen molar-refractivity contribution >= 4 is 26.7 Å². The summed E-state index contributed by atoms with van der Waals surface area (Å²) >= 11 is -1.40. The second-order valence-electron chi connectivity index (χ2n) is 14.5. The predicted octanol–water partition coefficient (Wildman–Crippen LogP) is 14.0. The van der Waals surface area contributed by atoms with E-state index in [1.54, 1.807) is 0 Å². The summed E-state index contributed by atoms with van der Waals surface area (Å²) in [4.78, 5) is 13.0. The van der Waals surface area contributed by atoms with Gasteiger partial charge < -0.3 is 15.1 Å². The molecule has 0 spiro atoms. The molecule has 0 bridgehead atoms. The first-order valence-electron chi connectivity index (χ1n) is 22.3. The van der Waals surface area contributed by atoms with E-state index in [9.17, 15) is 4.79 Å². The smallest absolute Gasteiger partial charge is 0.0558 e. The molecule has 0 amide bonds. The van der Waals surface area contributed by atoms with E-state index in [0.29, 0.717) is 19.7 Å². The Morgan fingerprint density at radius 2 is 0.700 bits per heavy atom. The van der Waals surface area contributed by atoms with E-state index < -0.39 is 20.2 Å². The van der Waals surface area contributed by atoms with Gasteiger partial charge in [-0.25, -0.2) is 0 Å². The molecular formula is C44H94INO4. The van der Waals surface area contributed by atoms with Crippen molar-refractivity contribution in [3.05, 3.63) is 0 Å². The van der Waals surface area contributed by atoms with Gasteiger partial charge >= 0.3 is 134 Å². The number of halogens is 1. The fourth-order valence-electron chi connectivity index (χ4n) is 6.06. The number of carbonyl (C=O) groups is 1. The molecule has 0 heterocycles. The van der Waals surface area contributed by atoms with Crippen LogP contribution in [0, 0.1) is 0 Å². The van der Waals surface area contributed by atoms with Crippen LogP contribution in [0.15, 0.2) is 0 Å². The number of unbranched alkanes of at least 4 members (excludes halogenated alkanes) is 26. The molecule has 0 aliphatic rings.